The number of hydrogen-bond donors (Lipinski definition) is 1. The smallest absolute Gasteiger partial charge is 0.264 e. The van der Waals surface area contributed by atoms with E-state index in [-0.39, 0.29) is 23.3 Å². The van der Waals surface area contributed by atoms with Gasteiger partial charge in [0.2, 0.25) is 11.8 Å². The number of aryl methyl sites for hydroxylation is 1. The van der Waals surface area contributed by atoms with Crippen LogP contribution in [0, 0.1) is 6.92 Å². The van der Waals surface area contributed by atoms with E-state index in [9.17, 15) is 18.0 Å². The van der Waals surface area contributed by atoms with E-state index in [2.05, 4.69) is 35.1 Å². The third-order valence-corrected chi connectivity index (χ3v) is 9.04. The number of hydrogen-bond acceptors (Lipinski definition) is 4. The fourth-order valence-corrected chi connectivity index (χ4v) is 5.84. The van der Waals surface area contributed by atoms with Gasteiger partial charge >= 0.3 is 0 Å². The predicted molar refractivity (Wildman–Crippen MR) is 164 cm³/mol. The molecule has 214 valence electrons. The molecule has 0 heterocycles. The lowest BCUT2D eigenvalue weighted by Crippen LogP contribution is -2.51. The molecule has 0 radical (unpaired) electrons. The molecule has 0 saturated heterocycles. The summed E-state index contributed by atoms with van der Waals surface area (Å²) in [6.07, 6.45) is 0.758. The zero-order valence-corrected chi connectivity index (χ0v) is 26.1. The lowest BCUT2D eigenvalue weighted by molar-refractivity contribution is -0.139. The minimum absolute atomic E-state index is 0.0898. The van der Waals surface area contributed by atoms with Crippen LogP contribution in [0.5, 0.6) is 0 Å². The molecular formula is C31H38BrN3O4S. The molecule has 0 aliphatic rings. The molecule has 0 aliphatic heterocycles. The molecule has 2 amide bonds. The Morgan fingerprint density at radius 2 is 1.50 bits per heavy atom. The average molecular weight is 629 g/mol. The summed E-state index contributed by atoms with van der Waals surface area (Å²) in [5.74, 6) is -0.506. The van der Waals surface area contributed by atoms with Gasteiger partial charge in [0.15, 0.2) is 0 Å². The molecule has 3 rings (SSSR count). The van der Waals surface area contributed by atoms with Gasteiger partial charge in [-0.3, -0.25) is 13.9 Å². The van der Waals surface area contributed by atoms with E-state index in [4.69, 9.17) is 0 Å². The van der Waals surface area contributed by atoms with Crippen LogP contribution in [0.1, 0.15) is 56.7 Å². The molecule has 0 spiro atoms. The highest BCUT2D eigenvalue weighted by Crippen LogP contribution is 2.27. The van der Waals surface area contributed by atoms with Crippen LogP contribution in [-0.2, 0) is 26.2 Å². The molecule has 0 saturated carbocycles. The fraction of sp³-hybridized carbons (Fsp3) is 0.355. The normalized spacial score (nSPS) is 12.2. The second kappa shape index (κ2) is 13.9. The van der Waals surface area contributed by atoms with Gasteiger partial charge in [0.25, 0.3) is 10.0 Å². The Morgan fingerprint density at radius 1 is 0.900 bits per heavy atom. The number of rotatable bonds is 12. The number of benzene rings is 3. The van der Waals surface area contributed by atoms with Gasteiger partial charge in [-0.2, -0.15) is 0 Å². The number of halogens is 1. The lowest BCUT2D eigenvalue weighted by Gasteiger charge is -2.32. The van der Waals surface area contributed by atoms with E-state index in [1.807, 2.05) is 50.2 Å². The van der Waals surface area contributed by atoms with Gasteiger partial charge in [-0.05, 0) is 73.7 Å². The summed E-state index contributed by atoms with van der Waals surface area (Å²) in [6.45, 7) is 9.80. The predicted octanol–water partition coefficient (Wildman–Crippen LogP) is 6.02. The molecule has 3 aromatic carbocycles. The van der Waals surface area contributed by atoms with E-state index in [1.165, 1.54) is 4.90 Å². The molecule has 0 aliphatic carbocycles. The number of nitrogens with zero attached hydrogens (tertiary/aromatic N) is 2. The minimum atomic E-state index is -4.09. The van der Waals surface area contributed by atoms with Crippen molar-refractivity contribution in [3.63, 3.8) is 0 Å². The number of anilines is 1. The van der Waals surface area contributed by atoms with Gasteiger partial charge in [-0.25, -0.2) is 8.42 Å². The van der Waals surface area contributed by atoms with Gasteiger partial charge in [0, 0.05) is 17.6 Å². The van der Waals surface area contributed by atoms with Crippen LogP contribution in [0.4, 0.5) is 5.69 Å². The first kappa shape index (κ1) is 31.4. The maximum atomic E-state index is 14.0. The van der Waals surface area contributed by atoms with E-state index in [0.29, 0.717) is 12.2 Å². The van der Waals surface area contributed by atoms with Gasteiger partial charge in [-0.1, -0.05) is 78.7 Å². The Hall–Kier alpha value is -3.17. The molecule has 0 aromatic heterocycles. The van der Waals surface area contributed by atoms with Crippen molar-refractivity contribution in [2.24, 2.45) is 0 Å². The van der Waals surface area contributed by atoms with Gasteiger partial charge in [-0.15, -0.1) is 0 Å². The van der Waals surface area contributed by atoms with Crippen LogP contribution >= 0.6 is 15.9 Å². The van der Waals surface area contributed by atoms with Crippen molar-refractivity contribution in [2.45, 2.75) is 64.4 Å². The van der Waals surface area contributed by atoms with Crippen molar-refractivity contribution in [1.82, 2.24) is 10.2 Å². The van der Waals surface area contributed by atoms with Gasteiger partial charge in [0.05, 0.1) is 10.6 Å². The topological polar surface area (TPSA) is 86.8 Å². The largest absolute Gasteiger partial charge is 0.354 e. The summed E-state index contributed by atoms with van der Waals surface area (Å²) in [5, 5.41) is 2.85. The van der Waals surface area contributed by atoms with Crippen molar-refractivity contribution < 1.29 is 18.0 Å². The molecule has 7 nitrogen and oxygen atoms in total. The molecule has 1 atom stereocenters. The maximum absolute atomic E-state index is 14.0. The third-order valence-electron chi connectivity index (χ3n) is 6.72. The van der Waals surface area contributed by atoms with Crippen molar-refractivity contribution in [2.75, 3.05) is 17.4 Å². The Labute approximate surface area is 246 Å². The highest BCUT2D eigenvalue weighted by atomic mass is 79.9. The van der Waals surface area contributed by atoms with Crippen LogP contribution in [0.2, 0.25) is 0 Å². The standard InChI is InChI=1S/C31H38BrN3O4S/c1-6-19-33-31(37)24(5)34(20-25-9-13-27(32)14-10-25)30(36)21-35(28-15-11-26(12-16-28)22(2)3)40(38,39)29-17-7-23(4)8-18-29/h7-18,22,24H,6,19-21H2,1-5H3,(H,33,37)/t24-/m0/s1. The monoisotopic (exact) mass is 627 g/mol. The summed E-state index contributed by atoms with van der Waals surface area (Å²) in [7, 11) is -4.09. The Morgan fingerprint density at radius 3 is 2.05 bits per heavy atom. The molecule has 3 aromatic rings. The van der Waals surface area contributed by atoms with Crippen LogP contribution in [0.25, 0.3) is 0 Å². The lowest BCUT2D eigenvalue weighted by atomic mass is 10.0. The van der Waals surface area contributed by atoms with E-state index < -0.39 is 28.5 Å². The van der Waals surface area contributed by atoms with E-state index in [0.717, 1.165) is 31.9 Å². The number of carbonyl (C=O) groups excluding carboxylic acids is 2. The first-order valence-corrected chi connectivity index (χ1v) is 15.7. The summed E-state index contributed by atoms with van der Waals surface area (Å²) in [6, 6.07) is 20.4. The minimum Gasteiger partial charge on any atom is -0.354 e. The zero-order chi connectivity index (χ0) is 29.4. The molecule has 9 heteroatoms. The SMILES string of the molecule is CCCNC(=O)[C@H](C)N(Cc1ccc(Br)cc1)C(=O)CN(c1ccc(C(C)C)cc1)S(=O)(=O)c1ccc(C)cc1. The van der Waals surface area contributed by atoms with Crippen LogP contribution < -0.4 is 9.62 Å². The van der Waals surface area contributed by atoms with Crippen molar-refractivity contribution in [3.05, 3.63) is 94.0 Å². The van der Waals surface area contributed by atoms with E-state index in [1.54, 1.807) is 43.3 Å². The average Bonchev–Trinajstić information content (AvgIpc) is 2.94. The fourth-order valence-electron chi connectivity index (χ4n) is 4.16. The van der Waals surface area contributed by atoms with Crippen LogP contribution in [0.15, 0.2) is 82.2 Å². The summed E-state index contributed by atoms with van der Waals surface area (Å²) < 4.78 is 29.9. The van der Waals surface area contributed by atoms with Crippen LogP contribution in [-0.4, -0.2) is 44.3 Å². The maximum Gasteiger partial charge on any atom is 0.264 e. The first-order chi connectivity index (χ1) is 18.9. The number of amides is 2. The van der Waals surface area contributed by atoms with Crippen LogP contribution in [0.3, 0.4) is 0 Å². The van der Waals surface area contributed by atoms with Gasteiger partial charge < -0.3 is 10.2 Å². The number of sulfonamides is 1. The Bertz CT molecular complexity index is 1390. The summed E-state index contributed by atoms with van der Waals surface area (Å²) in [5.41, 5.74) is 3.18. The highest BCUT2D eigenvalue weighted by Gasteiger charge is 2.32. The van der Waals surface area contributed by atoms with Crippen molar-refractivity contribution >= 4 is 43.5 Å². The number of carbonyl (C=O) groups is 2. The van der Waals surface area contributed by atoms with Crippen molar-refractivity contribution in [3.8, 4) is 0 Å². The molecule has 0 bridgehead atoms. The molecule has 40 heavy (non-hydrogen) atoms. The Balaban J connectivity index is 2.03. The molecule has 1 N–H and O–H groups in total. The summed E-state index contributed by atoms with van der Waals surface area (Å²) in [4.78, 5) is 28.4. The van der Waals surface area contributed by atoms with Crippen molar-refractivity contribution in [1.29, 1.82) is 0 Å². The second-order valence-electron chi connectivity index (χ2n) is 10.2. The van der Waals surface area contributed by atoms with Gasteiger partial charge in [0.1, 0.15) is 12.6 Å². The Kier molecular flexibility index (Phi) is 10.9. The molecular weight excluding hydrogens is 590 g/mol. The first-order valence-electron chi connectivity index (χ1n) is 13.4. The third kappa shape index (κ3) is 7.95. The number of nitrogens with one attached hydrogen (secondary N) is 1. The quantitative estimate of drug-likeness (QED) is 0.266. The highest BCUT2D eigenvalue weighted by molar-refractivity contribution is 9.10. The zero-order valence-electron chi connectivity index (χ0n) is 23.7. The van der Waals surface area contributed by atoms with E-state index >= 15 is 0 Å². The molecule has 0 unspecified atom stereocenters. The summed E-state index contributed by atoms with van der Waals surface area (Å²) >= 11 is 3.42. The molecule has 0 fully saturated rings. The second-order valence-corrected chi connectivity index (χ2v) is 13.0.